The van der Waals surface area contributed by atoms with Crippen LogP contribution in [-0.2, 0) is 15.8 Å². The summed E-state index contributed by atoms with van der Waals surface area (Å²) in [5, 5.41) is 9.21. The van der Waals surface area contributed by atoms with Crippen molar-refractivity contribution in [2.75, 3.05) is 25.2 Å². The Morgan fingerprint density at radius 2 is 1.48 bits per heavy atom. The highest BCUT2D eigenvalue weighted by Crippen LogP contribution is 2.56. The zero-order valence-corrected chi connectivity index (χ0v) is 24.5. The monoisotopic (exact) mass is 583 g/mol. The van der Waals surface area contributed by atoms with Crippen LogP contribution in [0.4, 0.5) is 18.9 Å². The van der Waals surface area contributed by atoms with Crippen molar-refractivity contribution in [2.24, 2.45) is 10.8 Å². The van der Waals surface area contributed by atoms with Gasteiger partial charge in [-0.15, -0.1) is 0 Å². The lowest BCUT2D eigenvalue weighted by atomic mass is 9.63. The van der Waals surface area contributed by atoms with E-state index in [2.05, 4.69) is 0 Å². The Morgan fingerprint density at radius 1 is 0.881 bits per heavy atom. The Hall–Kier alpha value is -3.59. The molecule has 0 saturated heterocycles. The van der Waals surface area contributed by atoms with Crippen LogP contribution in [0, 0.1) is 10.8 Å². The topological polar surface area (TPSA) is 76.1 Å². The van der Waals surface area contributed by atoms with Crippen molar-refractivity contribution in [1.82, 2.24) is 0 Å². The van der Waals surface area contributed by atoms with Crippen molar-refractivity contribution in [1.29, 1.82) is 0 Å². The number of methoxy groups -OCH3 is 1. The number of carbonyl (C=O) groups excluding carboxylic acids is 2. The highest BCUT2D eigenvalue weighted by atomic mass is 19.4. The molecule has 0 amide bonds. The number of rotatable bonds is 6. The molecule has 0 bridgehead atoms. The number of halogens is 3. The SMILES string of the molecule is COc1cc(C2C3=C(CC(C)(C)CC3=O)N(c3cccc(C(F)(F)F)c3)C3=C2C(=O)CC(C)(C)C3)ccc1OCCO. The number of hydrogen-bond acceptors (Lipinski definition) is 6. The first-order chi connectivity index (χ1) is 19.7. The Balaban J connectivity index is 1.80. The molecule has 1 aliphatic heterocycles. The fourth-order valence-corrected chi connectivity index (χ4v) is 6.57. The Bertz CT molecular complexity index is 1450. The first-order valence-corrected chi connectivity index (χ1v) is 14.1. The van der Waals surface area contributed by atoms with E-state index in [1.54, 1.807) is 29.2 Å². The van der Waals surface area contributed by atoms with E-state index >= 15 is 0 Å². The summed E-state index contributed by atoms with van der Waals surface area (Å²) in [7, 11) is 1.49. The maximum Gasteiger partial charge on any atom is 0.416 e. The third-order valence-corrected chi connectivity index (χ3v) is 8.21. The van der Waals surface area contributed by atoms with Gasteiger partial charge in [0.1, 0.15) is 6.61 Å². The molecule has 2 aromatic carbocycles. The van der Waals surface area contributed by atoms with Gasteiger partial charge in [-0.1, -0.05) is 39.8 Å². The minimum Gasteiger partial charge on any atom is -0.493 e. The second-order valence-corrected chi connectivity index (χ2v) is 12.9. The maximum atomic E-state index is 14.0. The summed E-state index contributed by atoms with van der Waals surface area (Å²) in [6, 6.07) is 10.3. The molecule has 0 radical (unpaired) electrons. The highest BCUT2D eigenvalue weighted by Gasteiger charge is 2.49. The average molecular weight is 584 g/mol. The van der Waals surface area contributed by atoms with Crippen LogP contribution < -0.4 is 14.4 Å². The Kier molecular flexibility index (Phi) is 7.54. The van der Waals surface area contributed by atoms with Crippen LogP contribution in [0.1, 0.15) is 70.4 Å². The number of Topliss-reactive ketones (excluding diaryl/α,β-unsaturated/α-hetero) is 2. The zero-order chi connectivity index (χ0) is 30.6. The van der Waals surface area contributed by atoms with E-state index in [1.165, 1.54) is 13.2 Å². The van der Waals surface area contributed by atoms with Gasteiger partial charge in [-0.3, -0.25) is 9.59 Å². The molecule has 224 valence electrons. The summed E-state index contributed by atoms with van der Waals surface area (Å²) in [5.74, 6) is -0.172. The predicted octanol–water partition coefficient (Wildman–Crippen LogP) is 6.98. The fourth-order valence-electron chi connectivity index (χ4n) is 6.57. The first-order valence-electron chi connectivity index (χ1n) is 14.1. The predicted molar refractivity (Wildman–Crippen MR) is 152 cm³/mol. The van der Waals surface area contributed by atoms with Gasteiger partial charge in [-0.25, -0.2) is 0 Å². The van der Waals surface area contributed by atoms with Crippen LogP contribution in [0.3, 0.4) is 0 Å². The van der Waals surface area contributed by atoms with E-state index < -0.39 is 28.5 Å². The molecule has 5 rings (SSSR count). The normalized spacial score (nSPS) is 20.5. The average Bonchev–Trinajstić information content (AvgIpc) is 2.89. The van der Waals surface area contributed by atoms with Crippen LogP contribution in [0.15, 0.2) is 65.0 Å². The second-order valence-electron chi connectivity index (χ2n) is 12.9. The molecule has 9 heteroatoms. The molecular formula is C33H36F3NO5. The van der Waals surface area contributed by atoms with Gasteiger partial charge in [0.25, 0.3) is 0 Å². The quantitative estimate of drug-likeness (QED) is 0.396. The van der Waals surface area contributed by atoms with E-state index in [4.69, 9.17) is 9.47 Å². The van der Waals surface area contributed by atoms with Crippen LogP contribution in [0.25, 0.3) is 0 Å². The number of anilines is 1. The summed E-state index contributed by atoms with van der Waals surface area (Å²) in [4.78, 5) is 29.8. The molecule has 0 unspecified atom stereocenters. The van der Waals surface area contributed by atoms with Crippen LogP contribution >= 0.6 is 0 Å². The number of aliphatic hydroxyl groups excluding tert-OH is 1. The lowest BCUT2D eigenvalue weighted by molar-refractivity contribution is -0.137. The van der Waals surface area contributed by atoms with Crippen molar-refractivity contribution >= 4 is 17.3 Å². The van der Waals surface area contributed by atoms with Crippen LogP contribution in [0.5, 0.6) is 11.5 Å². The van der Waals surface area contributed by atoms with Crippen molar-refractivity contribution in [3.05, 3.63) is 76.1 Å². The molecule has 0 saturated carbocycles. The lowest BCUT2D eigenvalue weighted by Gasteiger charge is -2.49. The zero-order valence-electron chi connectivity index (χ0n) is 24.5. The minimum absolute atomic E-state index is 0.0663. The Labute approximate surface area is 243 Å². The molecule has 0 aromatic heterocycles. The van der Waals surface area contributed by atoms with Gasteiger partial charge in [0.2, 0.25) is 0 Å². The molecule has 0 spiro atoms. The van der Waals surface area contributed by atoms with E-state index in [0.717, 1.165) is 12.1 Å². The molecule has 42 heavy (non-hydrogen) atoms. The van der Waals surface area contributed by atoms with Crippen molar-refractivity contribution in [3.63, 3.8) is 0 Å². The van der Waals surface area contributed by atoms with Gasteiger partial charge >= 0.3 is 6.18 Å². The summed E-state index contributed by atoms with van der Waals surface area (Å²) < 4.78 is 52.7. The van der Waals surface area contributed by atoms with Crippen molar-refractivity contribution in [2.45, 2.75) is 65.5 Å². The van der Waals surface area contributed by atoms with Crippen LogP contribution in [-0.4, -0.2) is 37.0 Å². The van der Waals surface area contributed by atoms with E-state index in [1.807, 2.05) is 27.7 Å². The number of carbonyl (C=O) groups is 2. The van der Waals surface area contributed by atoms with Gasteiger partial charge in [0.05, 0.1) is 19.3 Å². The van der Waals surface area contributed by atoms with Crippen molar-refractivity contribution < 1.29 is 37.3 Å². The molecule has 0 atom stereocenters. The van der Waals surface area contributed by atoms with Crippen molar-refractivity contribution in [3.8, 4) is 11.5 Å². The van der Waals surface area contributed by atoms with Gasteiger partial charge in [-0.2, -0.15) is 13.2 Å². The number of nitrogens with zero attached hydrogens (tertiary/aromatic N) is 1. The molecule has 1 heterocycles. The minimum atomic E-state index is -4.55. The lowest BCUT2D eigenvalue weighted by Crippen LogP contribution is -2.44. The summed E-state index contributed by atoms with van der Waals surface area (Å²) in [5.41, 5.74) is 1.40. The van der Waals surface area contributed by atoms with E-state index in [9.17, 15) is 27.9 Å². The van der Waals surface area contributed by atoms with Gasteiger partial charge < -0.3 is 19.5 Å². The number of benzene rings is 2. The number of alkyl halides is 3. The van der Waals surface area contributed by atoms with Gasteiger partial charge in [0.15, 0.2) is 23.1 Å². The molecule has 1 N–H and O–H groups in total. The van der Waals surface area contributed by atoms with E-state index in [0.29, 0.717) is 52.4 Å². The molecule has 2 aromatic rings. The highest BCUT2D eigenvalue weighted by molar-refractivity contribution is 6.08. The fraction of sp³-hybridized carbons (Fsp3) is 0.455. The first kappa shape index (κ1) is 29.9. The maximum absolute atomic E-state index is 14.0. The molecule has 3 aliphatic rings. The summed E-state index contributed by atoms with van der Waals surface area (Å²) >= 11 is 0. The Morgan fingerprint density at radius 3 is 2.00 bits per heavy atom. The largest absolute Gasteiger partial charge is 0.493 e. The second kappa shape index (κ2) is 10.6. The van der Waals surface area contributed by atoms with Gasteiger partial charge in [0, 0.05) is 47.0 Å². The molecule has 0 fully saturated rings. The number of ketones is 2. The smallest absolute Gasteiger partial charge is 0.416 e. The number of allylic oxidation sites excluding steroid dienone is 4. The third-order valence-electron chi connectivity index (χ3n) is 8.21. The third kappa shape index (κ3) is 5.46. The number of hydrogen-bond donors (Lipinski definition) is 1. The number of ether oxygens (including phenoxy) is 2. The molecule has 2 aliphatic carbocycles. The van der Waals surface area contributed by atoms with E-state index in [-0.39, 0.29) is 43.3 Å². The number of aliphatic hydroxyl groups is 1. The molecular weight excluding hydrogens is 547 g/mol. The summed E-state index contributed by atoms with van der Waals surface area (Å²) in [6.07, 6.45) is -3.17. The molecule has 6 nitrogen and oxygen atoms in total. The summed E-state index contributed by atoms with van der Waals surface area (Å²) in [6.45, 7) is 7.79. The van der Waals surface area contributed by atoms with Crippen LogP contribution in [0.2, 0.25) is 0 Å². The van der Waals surface area contributed by atoms with Gasteiger partial charge in [-0.05, 0) is 59.6 Å². The standard InChI is InChI=1S/C33H36F3NO5/c1-31(2)15-22-29(24(39)17-31)28(19-9-10-26(42-12-11-38)27(13-19)41-5)30-23(16-32(3,4)18-25(30)40)37(22)21-8-6-7-20(14-21)33(34,35)36/h6-10,13-14,28,38H,11-12,15-18H2,1-5H3.